The van der Waals surface area contributed by atoms with Crippen LogP contribution < -0.4 is 0 Å². The van der Waals surface area contributed by atoms with Gasteiger partial charge in [-0.1, -0.05) is 32.6 Å². The normalized spacial score (nSPS) is 40.5. The minimum absolute atomic E-state index is 1.12. The molecule has 0 amide bonds. The summed E-state index contributed by atoms with van der Waals surface area (Å²) in [4.78, 5) is 0. The van der Waals surface area contributed by atoms with Crippen molar-refractivity contribution in [2.24, 2.45) is 17.8 Å². The van der Waals surface area contributed by atoms with Gasteiger partial charge < -0.3 is 0 Å². The van der Waals surface area contributed by atoms with Gasteiger partial charge in [0.25, 0.3) is 0 Å². The summed E-state index contributed by atoms with van der Waals surface area (Å²) in [6.45, 7) is 2.33. The predicted octanol–water partition coefficient (Wildman–Crippen LogP) is 3.22. The average molecular weight is 138 g/mol. The highest BCUT2D eigenvalue weighted by Gasteiger charge is 2.36. The van der Waals surface area contributed by atoms with Gasteiger partial charge in [0.2, 0.25) is 0 Å². The van der Waals surface area contributed by atoms with Crippen LogP contribution in [0.15, 0.2) is 0 Å². The molecular weight excluding hydrogens is 120 g/mol. The van der Waals surface area contributed by atoms with E-state index in [1.807, 2.05) is 0 Å². The molecule has 2 fully saturated rings. The van der Waals surface area contributed by atoms with Crippen molar-refractivity contribution in [3.8, 4) is 0 Å². The summed E-state index contributed by atoms with van der Waals surface area (Å²) in [5.41, 5.74) is 0. The maximum atomic E-state index is 2.33. The molecule has 0 nitrogen and oxygen atoms in total. The molecule has 0 atom stereocenters. The summed E-state index contributed by atoms with van der Waals surface area (Å²) in [5, 5.41) is 0. The Morgan fingerprint density at radius 3 is 2.20 bits per heavy atom. The van der Waals surface area contributed by atoms with Crippen molar-refractivity contribution in [2.45, 2.75) is 45.4 Å². The lowest BCUT2D eigenvalue weighted by Gasteiger charge is -2.44. The first-order valence-corrected chi connectivity index (χ1v) is 4.90. The molecule has 2 aliphatic carbocycles. The van der Waals surface area contributed by atoms with Crippen molar-refractivity contribution >= 4 is 0 Å². The van der Waals surface area contributed by atoms with Crippen LogP contribution in [0.1, 0.15) is 45.4 Å². The number of hydrogen-bond donors (Lipinski definition) is 0. The van der Waals surface area contributed by atoms with Crippen molar-refractivity contribution in [3.63, 3.8) is 0 Å². The SMILES string of the molecule is CCC1CC(C2CCC2)C1. The van der Waals surface area contributed by atoms with Gasteiger partial charge in [-0.25, -0.2) is 0 Å². The Morgan fingerprint density at radius 1 is 1.10 bits per heavy atom. The van der Waals surface area contributed by atoms with Gasteiger partial charge in [-0.3, -0.25) is 0 Å². The number of hydrogen-bond acceptors (Lipinski definition) is 0. The van der Waals surface area contributed by atoms with Gasteiger partial charge >= 0.3 is 0 Å². The lowest BCUT2D eigenvalue weighted by molar-refractivity contribution is 0.0722. The average Bonchev–Trinajstić information content (AvgIpc) is 1.72. The maximum absolute atomic E-state index is 2.33. The standard InChI is InChI=1S/C10H18/c1-2-8-6-10(7-8)9-4-3-5-9/h8-10H,2-7H2,1H3. The highest BCUT2D eigenvalue weighted by atomic mass is 14.4. The first-order chi connectivity index (χ1) is 4.90. The van der Waals surface area contributed by atoms with Crippen molar-refractivity contribution in [1.29, 1.82) is 0 Å². The van der Waals surface area contributed by atoms with E-state index in [0.717, 1.165) is 5.92 Å². The summed E-state index contributed by atoms with van der Waals surface area (Å²) in [7, 11) is 0. The van der Waals surface area contributed by atoms with E-state index in [1.165, 1.54) is 24.7 Å². The first kappa shape index (κ1) is 6.69. The molecule has 0 radical (unpaired) electrons. The van der Waals surface area contributed by atoms with E-state index in [1.54, 1.807) is 25.7 Å². The van der Waals surface area contributed by atoms with Crippen LogP contribution >= 0.6 is 0 Å². The molecule has 0 aromatic heterocycles. The molecule has 2 saturated carbocycles. The lowest BCUT2D eigenvalue weighted by atomic mass is 9.62. The summed E-state index contributed by atoms with van der Waals surface area (Å²) in [6.07, 6.45) is 9.21. The molecule has 58 valence electrons. The topological polar surface area (TPSA) is 0 Å². The Balaban J connectivity index is 1.69. The fourth-order valence-electron chi connectivity index (χ4n) is 2.42. The zero-order valence-electron chi connectivity index (χ0n) is 6.97. The van der Waals surface area contributed by atoms with E-state index in [9.17, 15) is 0 Å². The molecule has 10 heavy (non-hydrogen) atoms. The Kier molecular flexibility index (Phi) is 1.71. The summed E-state index contributed by atoms with van der Waals surface area (Å²) < 4.78 is 0. The molecule has 2 aliphatic rings. The Bertz CT molecular complexity index is 107. The monoisotopic (exact) mass is 138 g/mol. The Hall–Kier alpha value is 0. The van der Waals surface area contributed by atoms with Crippen LogP contribution in [0.5, 0.6) is 0 Å². The molecule has 0 saturated heterocycles. The summed E-state index contributed by atoms with van der Waals surface area (Å²) in [5.74, 6) is 3.45. The van der Waals surface area contributed by atoms with Crippen molar-refractivity contribution < 1.29 is 0 Å². The quantitative estimate of drug-likeness (QED) is 0.549. The van der Waals surface area contributed by atoms with Crippen molar-refractivity contribution in [3.05, 3.63) is 0 Å². The van der Waals surface area contributed by atoms with Crippen LogP contribution in [-0.4, -0.2) is 0 Å². The third-order valence-corrected chi connectivity index (χ3v) is 3.67. The molecule has 0 aromatic rings. The second kappa shape index (κ2) is 2.56. The van der Waals surface area contributed by atoms with Crippen LogP contribution in [0.3, 0.4) is 0 Å². The fraction of sp³-hybridized carbons (Fsp3) is 1.00. The van der Waals surface area contributed by atoms with Gasteiger partial charge in [-0.2, -0.15) is 0 Å². The Labute approximate surface area is 64.0 Å². The van der Waals surface area contributed by atoms with Crippen LogP contribution in [0.2, 0.25) is 0 Å². The molecule has 0 N–H and O–H groups in total. The molecule has 0 heterocycles. The van der Waals surface area contributed by atoms with Crippen LogP contribution in [0.25, 0.3) is 0 Å². The zero-order chi connectivity index (χ0) is 6.97. The molecule has 0 aliphatic heterocycles. The van der Waals surface area contributed by atoms with Crippen LogP contribution in [0.4, 0.5) is 0 Å². The fourth-order valence-corrected chi connectivity index (χ4v) is 2.42. The van der Waals surface area contributed by atoms with Gasteiger partial charge in [0.05, 0.1) is 0 Å². The lowest BCUT2D eigenvalue weighted by Crippen LogP contribution is -2.33. The van der Waals surface area contributed by atoms with Gasteiger partial charge in [0.15, 0.2) is 0 Å². The van der Waals surface area contributed by atoms with Gasteiger partial charge in [0, 0.05) is 0 Å². The second-order valence-corrected chi connectivity index (χ2v) is 4.20. The third-order valence-electron chi connectivity index (χ3n) is 3.67. The van der Waals surface area contributed by atoms with E-state index < -0.39 is 0 Å². The smallest absolute Gasteiger partial charge is 0.0381 e. The van der Waals surface area contributed by atoms with Crippen LogP contribution in [0, 0.1) is 17.8 Å². The largest absolute Gasteiger partial charge is 0.0651 e. The van der Waals surface area contributed by atoms with E-state index in [2.05, 4.69) is 6.92 Å². The minimum Gasteiger partial charge on any atom is -0.0651 e. The van der Waals surface area contributed by atoms with Gasteiger partial charge in [0.1, 0.15) is 0 Å². The van der Waals surface area contributed by atoms with Crippen molar-refractivity contribution in [1.82, 2.24) is 0 Å². The highest BCUT2D eigenvalue weighted by Crippen LogP contribution is 2.47. The van der Waals surface area contributed by atoms with Crippen LogP contribution in [-0.2, 0) is 0 Å². The molecular formula is C10H18. The Morgan fingerprint density at radius 2 is 1.80 bits per heavy atom. The number of rotatable bonds is 2. The van der Waals surface area contributed by atoms with Gasteiger partial charge in [-0.05, 0) is 30.6 Å². The zero-order valence-corrected chi connectivity index (χ0v) is 6.97. The molecule has 0 bridgehead atoms. The van der Waals surface area contributed by atoms with E-state index in [-0.39, 0.29) is 0 Å². The molecule has 0 unspecified atom stereocenters. The molecule has 0 aromatic carbocycles. The predicted molar refractivity (Wildman–Crippen MR) is 43.8 cm³/mol. The van der Waals surface area contributed by atoms with Gasteiger partial charge in [-0.15, -0.1) is 0 Å². The summed E-state index contributed by atoms with van der Waals surface area (Å²) >= 11 is 0. The third kappa shape index (κ3) is 0.980. The highest BCUT2D eigenvalue weighted by molar-refractivity contribution is 4.87. The van der Waals surface area contributed by atoms with E-state index in [0.29, 0.717) is 0 Å². The second-order valence-electron chi connectivity index (χ2n) is 4.20. The maximum Gasteiger partial charge on any atom is -0.0381 e. The molecule has 2 rings (SSSR count). The van der Waals surface area contributed by atoms with Crippen molar-refractivity contribution in [2.75, 3.05) is 0 Å². The molecule has 0 spiro atoms. The van der Waals surface area contributed by atoms with E-state index in [4.69, 9.17) is 0 Å². The minimum atomic E-state index is 1.12. The molecule has 0 heteroatoms. The first-order valence-electron chi connectivity index (χ1n) is 4.90. The summed E-state index contributed by atoms with van der Waals surface area (Å²) in [6, 6.07) is 0. The van der Waals surface area contributed by atoms with E-state index >= 15 is 0 Å².